The second-order valence-electron chi connectivity index (χ2n) is 5.89. The van der Waals surface area contributed by atoms with Crippen LogP contribution < -0.4 is 0 Å². The van der Waals surface area contributed by atoms with Crippen molar-refractivity contribution in [1.29, 1.82) is 0 Å². The zero-order chi connectivity index (χ0) is 15.5. The molecule has 1 heterocycles. The minimum Gasteiger partial charge on any atom is -0.361 e. The maximum absolute atomic E-state index is 12.5. The minimum absolute atomic E-state index is 0.217. The molecule has 1 N–H and O–H groups in total. The van der Waals surface area contributed by atoms with E-state index in [1.807, 2.05) is 30.3 Å². The van der Waals surface area contributed by atoms with Crippen molar-refractivity contribution < 1.29 is 4.79 Å². The van der Waals surface area contributed by atoms with Gasteiger partial charge in [0, 0.05) is 29.1 Å². The van der Waals surface area contributed by atoms with E-state index in [0.29, 0.717) is 6.42 Å². The van der Waals surface area contributed by atoms with Crippen molar-refractivity contribution in [3.8, 4) is 0 Å². The van der Waals surface area contributed by atoms with Crippen molar-refractivity contribution in [2.24, 2.45) is 0 Å². The summed E-state index contributed by atoms with van der Waals surface area (Å²) < 4.78 is 0. The third kappa shape index (κ3) is 2.82. The van der Waals surface area contributed by atoms with Gasteiger partial charge >= 0.3 is 0 Å². The number of aryl methyl sites for hydroxylation is 1. The number of ketones is 1. The summed E-state index contributed by atoms with van der Waals surface area (Å²) in [7, 11) is 0. The lowest BCUT2D eigenvalue weighted by Crippen LogP contribution is -2.06. The van der Waals surface area contributed by atoms with Crippen LogP contribution in [0.15, 0.2) is 54.7 Å². The Morgan fingerprint density at radius 2 is 1.91 bits per heavy atom. The molecule has 3 aromatic rings. The summed E-state index contributed by atoms with van der Waals surface area (Å²) in [5.74, 6) is 0.470. The van der Waals surface area contributed by atoms with Crippen molar-refractivity contribution in [3.63, 3.8) is 0 Å². The maximum atomic E-state index is 12.5. The van der Waals surface area contributed by atoms with Crippen molar-refractivity contribution in [2.45, 2.75) is 32.6 Å². The molecule has 0 aliphatic rings. The molecule has 112 valence electrons. The van der Waals surface area contributed by atoms with Crippen LogP contribution >= 0.6 is 0 Å². The number of aromatic amines is 1. The lowest BCUT2D eigenvalue weighted by molar-refractivity contribution is 0.0973. The predicted molar refractivity (Wildman–Crippen MR) is 91.5 cm³/mol. The Bertz CT molecular complexity index is 786. The summed E-state index contributed by atoms with van der Waals surface area (Å²) in [5.41, 5.74) is 4.45. The van der Waals surface area contributed by atoms with Crippen LogP contribution in [0.3, 0.4) is 0 Å². The summed E-state index contributed by atoms with van der Waals surface area (Å²) in [4.78, 5) is 15.8. The molecule has 1 aromatic heterocycles. The minimum atomic E-state index is 0.217. The molecule has 1 atom stereocenters. The molecular weight excluding hydrogens is 270 g/mol. The maximum Gasteiger partial charge on any atom is 0.163 e. The molecule has 2 heteroatoms. The smallest absolute Gasteiger partial charge is 0.163 e. The van der Waals surface area contributed by atoms with Gasteiger partial charge in [-0.05, 0) is 37.0 Å². The van der Waals surface area contributed by atoms with Crippen LogP contribution in [-0.2, 0) is 0 Å². The van der Waals surface area contributed by atoms with E-state index in [9.17, 15) is 4.79 Å². The number of benzene rings is 2. The van der Waals surface area contributed by atoms with Gasteiger partial charge in [0.2, 0.25) is 0 Å². The van der Waals surface area contributed by atoms with Crippen molar-refractivity contribution in [3.05, 3.63) is 71.4 Å². The number of rotatable bonds is 5. The first-order chi connectivity index (χ1) is 10.7. The van der Waals surface area contributed by atoms with Gasteiger partial charge in [-0.3, -0.25) is 4.79 Å². The summed E-state index contributed by atoms with van der Waals surface area (Å²) >= 11 is 0. The first-order valence-electron chi connectivity index (χ1n) is 7.85. The van der Waals surface area contributed by atoms with E-state index in [-0.39, 0.29) is 11.7 Å². The molecule has 3 rings (SSSR count). The Labute approximate surface area is 131 Å². The average Bonchev–Trinajstić information content (AvgIpc) is 2.96. The molecule has 2 aromatic carbocycles. The van der Waals surface area contributed by atoms with E-state index in [4.69, 9.17) is 0 Å². The summed E-state index contributed by atoms with van der Waals surface area (Å²) in [6.45, 7) is 4.25. The molecule has 0 aliphatic carbocycles. The Kier molecular flexibility index (Phi) is 4.10. The van der Waals surface area contributed by atoms with Gasteiger partial charge in [-0.25, -0.2) is 0 Å². The Morgan fingerprint density at radius 3 is 2.64 bits per heavy atom. The van der Waals surface area contributed by atoms with Crippen LogP contribution in [-0.4, -0.2) is 10.8 Å². The fourth-order valence-electron chi connectivity index (χ4n) is 3.03. The zero-order valence-electron chi connectivity index (χ0n) is 13.1. The Balaban J connectivity index is 1.90. The van der Waals surface area contributed by atoms with Gasteiger partial charge in [-0.2, -0.15) is 0 Å². The first-order valence-corrected chi connectivity index (χ1v) is 7.85. The highest BCUT2D eigenvalue weighted by Gasteiger charge is 2.18. The normalized spacial score (nSPS) is 12.5. The van der Waals surface area contributed by atoms with Crippen molar-refractivity contribution in [1.82, 2.24) is 4.98 Å². The van der Waals surface area contributed by atoms with Crippen LogP contribution in [0.25, 0.3) is 10.9 Å². The van der Waals surface area contributed by atoms with Gasteiger partial charge < -0.3 is 4.98 Å². The number of fused-ring (bicyclic) bond motifs is 1. The molecule has 0 bridgehead atoms. The topological polar surface area (TPSA) is 32.9 Å². The molecule has 0 saturated carbocycles. The predicted octanol–water partition coefficient (Wildman–Crippen LogP) is 5.24. The fourth-order valence-corrected chi connectivity index (χ4v) is 3.03. The average molecular weight is 291 g/mol. The van der Waals surface area contributed by atoms with Crippen LogP contribution in [0.2, 0.25) is 0 Å². The van der Waals surface area contributed by atoms with Crippen LogP contribution in [0.4, 0.5) is 0 Å². The SMILES string of the molecule is CC[C@@H](CC(=O)c1ccccc1)c1c[nH]c2ccc(C)cc12. The summed E-state index contributed by atoms with van der Waals surface area (Å²) in [5, 5.41) is 1.24. The van der Waals surface area contributed by atoms with Gasteiger partial charge in [0.15, 0.2) is 5.78 Å². The van der Waals surface area contributed by atoms with Crippen LogP contribution in [0.5, 0.6) is 0 Å². The molecule has 0 radical (unpaired) electrons. The quantitative estimate of drug-likeness (QED) is 0.640. The number of Topliss-reactive ketones (excluding diaryl/α,β-unsaturated/α-hetero) is 1. The van der Waals surface area contributed by atoms with E-state index < -0.39 is 0 Å². The van der Waals surface area contributed by atoms with Crippen LogP contribution in [0.1, 0.15) is 47.2 Å². The van der Waals surface area contributed by atoms with E-state index in [2.05, 4.69) is 43.2 Å². The molecule has 0 aliphatic heterocycles. The molecule has 0 spiro atoms. The van der Waals surface area contributed by atoms with Gasteiger partial charge in [0.1, 0.15) is 0 Å². The van der Waals surface area contributed by atoms with E-state index >= 15 is 0 Å². The lowest BCUT2D eigenvalue weighted by atomic mass is 9.89. The lowest BCUT2D eigenvalue weighted by Gasteiger charge is -2.14. The molecule has 22 heavy (non-hydrogen) atoms. The van der Waals surface area contributed by atoms with Crippen LogP contribution in [0, 0.1) is 6.92 Å². The second-order valence-corrected chi connectivity index (χ2v) is 5.89. The largest absolute Gasteiger partial charge is 0.361 e. The summed E-state index contributed by atoms with van der Waals surface area (Å²) in [6.07, 6.45) is 3.58. The molecule has 0 saturated heterocycles. The molecule has 0 unspecified atom stereocenters. The standard InChI is InChI=1S/C20H21NO/c1-3-15(12-20(22)16-7-5-4-6-8-16)18-13-21-19-10-9-14(2)11-17(18)19/h4-11,13,15,21H,3,12H2,1-2H3/t15-/m0/s1. The van der Waals surface area contributed by atoms with E-state index in [1.54, 1.807) is 0 Å². The molecule has 0 amide bonds. The Hall–Kier alpha value is -2.35. The Morgan fingerprint density at radius 1 is 1.14 bits per heavy atom. The number of carbonyl (C=O) groups excluding carboxylic acids is 1. The third-order valence-corrected chi connectivity index (χ3v) is 4.33. The number of H-pyrrole nitrogens is 1. The first kappa shape index (κ1) is 14.6. The number of aromatic nitrogens is 1. The number of hydrogen-bond acceptors (Lipinski definition) is 1. The summed E-state index contributed by atoms with van der Waals surface area (Å²) in [6, 6.07) is 16.0. The number of nitrogens with one attached hydrogen (secondary N) is 1. The van der Waals surface area contributed by atoms with Gasteiger partial charge in [-0.15, -0.1) is 0 Å². The zero-order valence-corrected chi connectivity index (χ0v) is 13.1. The van der Waals surface area contributed by atoms with Gasteiger partial charge in [-0.1, -0.05) is 48.9 Å². The monoisotopic (exact) mass is 291 g/mol. The molecular formula is C20H21NO. The third-order valence-electron chi connectivity index (χ3n) is 4.33. The second kappa shape index (κ2) is 6.18. The van der Waals surface area contributed by atoms with Crippen molar-refractivity contribution >= 4 is 16.7 Å². The molecule has 2 nitrogen and oxygen atoms in total. The number of carbonyl (C=O) groups is 1. The van der Waals surface area contributed by atoms with Gasteiger partial charge in [0.05, 0.1) is 0 Å². The fraction of sp³-hybridized carbons (Fsp3) is 0.250. The highest BCUT2D eigenvalue weighted by molar-refractivity contribution is 5.97. The van der Waals surface area contributed by atoms with Gasteiger partial charge in [0.25, 0.3) is 0 Å². The number of hydrogen-bond donors (Lipinski definition) is 1. The van der Waals surface area contributed by atoms with E-state index in [0.717, 1.165) is 17.5 Å². The molecule has 0 fully saturated rings. The van der Waals surface area contributed by atoms with E-state index in [1.165, 1.54) is 16.5 Å². The highest BCUT2D eigenvalue weighted by atomic mass is 16.1. The highest BCUT2D eigenvalue weighted by Crippen LogP contribution is 2.31. The van der Waals surface area contributed by atoms with Crippen molar-refractivity contribution in [2.75, 3.05) is 0 Å².